The molecule has 0 N–H and O–H groups in total. The topological polar surface area (TPSA) is 158 Å². The third kappa shape index (κ3) is 40.5. The highest BCUT2D eigenvalue weighted by molar-refractivity contribution is 5.88. The van der Waals surface area contributed by atoms with Crippen LogP contribution in [0.2, 0.25) is 0 Å². The molecule has 3 aliphatic rings. The summed E-state index contributed by atoms with van der Waals surface area (Å²) >= 11 is 0. The first-order chi connectivity index (χ1) is 51.5. The van der Waals surface area contributed by atoms with Crippen molar-refractivity contribution in [2.24, 2.45) is 17.8 Å². The van der Waals surface area contributed by atoms with Crippen molar-refractivity contribution in [1.82, 2.24) is 0 Å². The van der Waals surface area contributed by atoms with Gasteiger partial charge in [-0.2, -0.15) is 0 Å². The molecule has 0 atom stereocenters. The molecule has 0 amide bonds. The smallest absolute Gasteiger partial charge is 0.330 e. The van der Waals surface area contributed by atoms with Gasteiger partial charge in [0, 0.05) is 37.5 Å². The first kappa shape index (κ1) is 87.6. The number of esters is 6. The van der Waals surface area contributed by atoms with E-state index in [1.165, 1.54) is 189 Å². The second-order valence-corrected chi connectivity index (χ2v) is 31.3. The zero-order chi connectivity index (χ0) is 74.4. The lowest BCUT2D eigenvalue weighted by Crippen LogP contribution is -2.30. The van der Waals surface area contributed by atoms with Gasteiger partial charge in [0.05, 0.1) is 19.8 Å². The second kappa shape index (κ2) is 56.0. The fourth-order valence-corrected chi connectivity index (χ4v) is 15.8. The summed E-state index contributed by atoms with van der Waals surface area (Å²) in [5.41, 5.74) is 7.26. The van der Waals surface area contributed by atoms with Crippen LogP contribution in [0, 0.1) is 17.8 Å². The maximum absolute atomic E-state index is 13.1. The Labute approximate surface area is 635 Å². The largest absolute Gasteiger partial charge is 0.463 e. The molecule has 3 fully saturated rings. The Kier molecular flexibility index (Phi) is 46.7. The van der Waals surface area contributed by atoms with Gasteiger partial charge in [-0.25, -0.2) is 14.4 Å². The Bertz CT molecular complexity index is 2750. The molecule has 3 aliphatic carbocycles. The molecule has 0 heterocycles. The van der Waals surface area contributed by atoms with Crippen LogP contribution < -0.4 is 0 Å². The summed E-state index contributed by atoms with van der Waals surface area (Å²) < 4.78 is 33.4. The Morgan fingerprint density at radius 1 is 0.305 bits per heavy atom. The van der Waals surface area contributed by atoms with E-state index < -0.39 is 12.1 Å². The molecule has 6 rings (SSSR count). The van der Waals surface area contributed by atoms with Crippen molar-refractivity contribution in [1.29, 1.82) is 0 Å². The van der Waals surface area contributed by atoms with Crippen LogP contribution in [-0.4, -0.2) is 75.0 Å². The van der Waals surface area contributed by atoms with Crippen LogP contribution in [-0.2, 0) is 57.2 Å². The normalized spacial score (nSPS) is 18.7. The van der Waals surface area contributed by atoms with Crippen molar-refractivity contribution in [3.8, 4) is 0 Å². The Morgan fingerprint density at radius 3 is 0.838 bits per heavy atom. The first-order valence-corrected chi connectivity index (χ1v) is 42.8. The zero-order valence-corrected chi connectivity index (χ0v) is 65.8. The minimum atomic E-state index is -0.903. The van der Waals surface area contributed by atoms with Crippen LogP contribution >= 0.6 is 0 Å². The van der Waals surface area contributed by atoms with Gasteiger partial charge in [0.25, 0.3) is 0 Å². The van der Waals surface area contributed by atoms with E-state index >= 15 is 0 Å². The summed E-state index contributed by atoms with van der Waals surface area (Å²) in [6, 6.07) is 26.0. The van der Waals surface area contributed by atoms with Gasteiger partial charge < -0.3 is 28.4 Å². The third-order valence-electron chi connectivity index (χ3n) is 22.6. The molecule has 12 heteroatoms. The molecular weight excluding hydrogens is 1310 g/mol. The molecule has 0 radical (unpaired) electrons. The van der Waals surface area contributed by atoms with Crippen molar-refractivity contribution in [3.05, 3.63) is 124 Å². The molecule has 3 aromatic carbocycles. The van der Waals surface area contributed by atoms with Gasteiger partial charge in [-0.3, -0.25) is 14.4 Å². The van der Waals surface area contributed by atoms with Gasteiger partial charge >= 0.3 is 35.8 Å². The number of hydrogen-bond acceptors (Lipinski definition) is 12. The SMILES string of the molecule is CCCCCC1CCC(c2ccc(C=CC(=O)OCCCCCCCCCC(=O)OCC(COC(=O)CCCCCCCCCOC(=O)C=Cc3ccc(C4CCC(CCCCC)CC4)cc3)OC(=O)CCCCCCCCCOC(=O)C=Cc3ccc(C4CCC(CCCCC)CC4)cc3)cc2)CC1. The van der Waals surface area contributed by atoms with Gasteiger partial charge in [-0.15, -0.1) is 0 Å². The quantitative estimate of drug-likeness (QED) is 0.0228. The lowest BCUT2D eigenvalue weighted by Gasteiger charge is -2.29. The molecule has 105 heavy (non-hydrogen) atoms. The van der Waals surface area contributed by atoms with Crippen molar-refractivity contribution >= 4 is 54.0 Å². The highest BCUT2D eigenvalue weighted by atomic mass is 16.6. The van der Waals surface area contributed by atoms with E-state index in [1.54, 1.807) is 0 Å². The van der Waals surface area contributed by atoms with Crippen molar-refractivity contribution in [3.63, 3.8) is 0 Å². The molecule has 0 aliphatic heterocycles. The minimum absolute atomic E-state index is 0.185. The molecular formula is C93H140O12. The third-order valence-corrected chi connectivity index (χ3v) is 22.6. The number of carbonyl (C=O) groups is 6. The molecule has 0 saturated heterocycles. The van der Waals surface area contributed by atoms with Gasteiger partial charge in [-0.05, 0) is 203 Å². The van der Waals surface area contributed by atoms with E-state index in [4.69, 9.17) is 28.4 Å². The Hall–Kier alpha value is -6.30. The number of rotatable bonds is 56. The van der Waals surface area contributed by atoms with E-state index in [0.717, 1.165) is 150 Å². The van der Waals surface area contributed by atoms with Crippen LogP contribution in [0.1, 0.15) is 380 Å². The number of carbonyl (C=O) groups excluding carboxylic acids is 6. The van der Waals surface area contributed by atoms with E-state index in [0.29, 0.717) is 56.8 Å². The molecule has 12 nitrogen and oxygen atoms in total. The first-order valence-electron chi connectivity index (χ1n) is 42.8. The zero-order valence-electron chi connectivity index (χ0n) is 65.8. The Morgan fingerprint density at radius 2 is 0.562 bits per heavy atom. The summed E-state index contributed by atoms with van der Waals surface area (Å²) in [5, 5.41) is 0. The van der Waals surface area contributed by atoms with Crippen LogP contribution in [0.15, 0.2) is 91.0 Å². The summed E-state index contributed by atoms with van der Waals surface area (Å²) in [6.07, 6.45) is 60.6. The summed E-state index contributed by atoms with van der Waals surface area (Å²) in [4.78, 5) is 76.3. The molecule has 0 aromatic heterocycles. The number of unbranched alkanes of at least 4 members (excludes halogenated alkanes) is 24. The van der Waals surface area contributed by atoms with E-state index in [2.05, 4.69) is 93.6 Å². The summed E-state index contributed by atoms with van der Waals surface area (Å²) in [5.74, 6) is 2.50. The number of benzene rings is 3. The average Bonchev–Trinajstić information content (AvgIpc) is 0.869. The average molecular weight is 1450 g/mol. The number of ether oxygens (including phenoxy) is 6. The van der Waals surface area contributed by atoms with Gasteiger partial charge in [0.2, 0.25) is 0 Å². The molecule has 0 spiro atoms. The van der Waals surface area contributed by atoms with Crippen molar-refractivity contribution < 1.29 is 57.2 Å². The summed E-state index contributed by atoms with van der Waals surface area (Å²) in [6.45, 7) is 7.63. The predicted octanol–water partition coefficient (Wildman–Crippen LogP) is 24.7. The molecule has 3 aromatic rings. The predicted molar refractivity (Wildman–Crippen MR) is 428 cm³/mol. The van der Waals surface area contributed by atoms with Gasteiger partial charge in [0.1, 0.15) is 13.2 Å². The van der Waals surface area contributed by atoms with Crippen LogP contribution in [0.3, 0.4) is 0 Å². The summed E-state index contributed by atoms with van der Waals surface area (Å²) in [7, 11) is 0. The molecule has 584 valence electrons. The van der Waals surface area contributed by atoms with Crippen LogP contribution in [0.4, 0.5) is 0 Å². The fourth-order valence-electron chi connectivity index (χ4n) is 15.8. The second-order valence-electron chi connectivity index (χ2n) is 31.3. The molecule has 3 saturated carbocycles. The van der Waals surface area contributed by atoms with Gasteiger partial charge in [0.15, 0.2) is 6.10 Å². The maximum atomic E-state index is 13.1. The van der Waals surface area contributed by atoms with Crippen LogP contribution in [0.5, 0.6) is 0 Å². The highest BCUT2D eigenvalue weighted by Gasteiger charge is 2.26. The fraction of sp³-hybridized carbons (Fsp3) is 0.677. The van der Waals surface area contributed by atoms with Gasteiger partial charge in [-0.1, -0.05) is 267 Å². The van der Waals surface area contributed by atoms with Crippen molar-refractivity contribution in [2.45, 2.75) is 353 Å². The number of hydrogen-bond donors (Lipinski definition) is 0. The highest BCUT2D eigenvalue weighted by Crippen LogP contribution is 2.41. The van der Waals surface area contributed by atoms with E-state index in [9.17, 15) is 28.8 Å². The molecule has 0 unspecified atom stereocenters. The van der Waals surface area contributed by atoms with Crippen LogP contribution in [0.25, 0.3) is 18.2 Å². The monoisotopic (exact) mass is 1450 g/mol. The van der Waals surface area contributed by atoms with Crippen molar-refractivity contribution in [2.75, 3.05) is 33.0 Å². The maximum Gasteiger partial charge on any atom is 0.330 e. The van der Waals surface area contributed by atoms with E-state index in [1.807, 2.05) is 18.2 Å². The minimum Gasteiger partial charge on any atom is -0.463 e. The lowest BCUT2D eigenvalue weighted by atomic mass is 9.77. The standard InChI is InChI=1S/C93H140O12/c1-4-7-25-34-75-40-55-81(56-41-75)84-61-46-78(47-62-84)52-67-90(96)100-70-31-22-16-10-13-19-28-37-88(94)103-73-87(105-93(99)39-30-21-15-12-18-24-33-72-102-92(98)69-54-80-50-65-86(66-51-80)83-59-44-77(45-60-83)36-27-9-6-3)74-104-89(95)38-29-20-14-11-17-23-32-71-101-91(97)68-53-79-48-63-85(64-49-79)82-57-42-76(43-58-82)35-26-8-5-2/h46-54,61-69,75-77,81-83,87H,4-45,55-60,70-74H2,1-3H3. The lowest BCUT2D eigenvalue weighted by molar-refractivity contribution is -0.167. The van der Waals surface area contributed by atoms with E-state index in [-0.39, 0.29) is 62.3 Å². The Balaban J connectivity index is 0.788. The molecule has 0 bridgehead atoms.